The molecule has 0 bridgehead atoms. The van der Waals surface area contributed by atoms with Crippen LogP contribution in [0.5, 0.6) is 0 Å². The van der Waals surface area contributed by atoms with Crippen LogP contribution >= 0.6 is 11.6 Å². The van der Waals surface area contributed by atoms with E-state index < -0.39 is 0 Å². The molecule has 88 valence electrons. The summed E-state index contributed by atoms with van der Waals surface area (Å²) < 4.78 is 0. The molecule has 1 aliphatic rings. The molecule has 0 amide bonds. The third kappa shape index (κ3) is 2.29. The van der Waals surface area contributed by atoms with Crippen molar-refractivity contribution in [3.8, 4) is 0 Å². The Hall–Kier alpha value is -0.830. The molecule has 2 heterocycles. The summed E-state index contributed by atoms with van der Waals surface area (Å²) in [5, 5.41) is 8.53. The predicted molar refractivity (Wildman–Crippen MR) is 66.8 cm³/mol. The average Bonchev–Trinajstić information content (AvgIpc) is 2.25. The molecule has 0 aromatic carbocycles. The van der Waals surface area contributed by atoms with E-state index in [4.69, 9.17) is 11.6 Å². The molecular weight excluding hydrogens is 222 g/mol. The molecule has 1 aliphatic heterocycles. The van der Waals surface area contributed by atoms with Crippen LogP contribution in [0.4, 0.5) is 5.82 Å². The van der Waals surface area contributed by atoms with Crippen LogP contribution in [-0.2, 0) is 0 Å². The first kappa shape index (κ1) is 11.6. The van der Waals surface area contributed by atoms with Crippen LogP contribution in [0.25, 0.3) is 0 Å². The van der Waals surface area contributed by atoms with Gasteiger partial charge in [-0.1, -0.05) is 25.4 Å². The van der Waals surface area contributed by atoms with Gasteiger partial charge in [-0.25, -0.2) is 0 Å². The van der Waals surface area contributed by atoms with Crippen LogP contribution < -0.4 is 4.90 Å². The van der Waals surface area contributed by atoms with Crippen LogP contribution in [0.15, 0.2) is 12.1 Å². The highest BCUT2D eigenvalue weighted by Gasteiger charge is 2.29. The Labute approximate surface area is 102 Å². The first-order chi connectivity index (χ1) is 7.58. The van der Waals surface area contributed by atoms with Gasteiger partial charge in [0.15, 0.2) is 11.0 Å². The Balaban J connectivity index is 2.21. The topological polar surface area (TPSA) is 29.0 Å². The van der Waals surface area contributed by atoms with Gasteiger partial charge in [-0.3, -0.25) is 0 Å². The number of nitrogens with zero attached hydrogens (tertiary/aromatic N) is 3. The van der Waals surface area contributed by atoms with Crippen LogP contribution in [-0.4, -0.2) is 22.8 Å². The minimum Gasteiger partial charge on any atom is -0.352 e. The molecule has 0 spiro atoms. The zero-order valence-electron chi connectivity index (χ0n) is 10.0. The van der Waals surface area contributed by atoms with Crippen molar-refractivity contribution in [1.29, 1.82) is 0 Å². The smallest absolute Gasteiger partial charge is 0.151 e. The molecule has 2 rings (SSSR count). The highest BCUT2D eigenvalue weighted by atomic mass is 35.5. The van der Waals surface area contributed by atoms with Crippen molar-refractivity contribution in [2.45, 2.75) is 33.2 Å². The fourth-order valence-corrected chi connectivity index (χ4v) is 2.58. The summed E-state index contributed by atoms with van der Waals surface area (Å²) in [6.07, 6.45) is 1.29. The predicted octanol–water partition coefficient (Wildman–Crippen LogP) is 3.00. The highest BCUT2D eigenvalue weighted by Crippen LogP contribution is 2.30. The maximum Gasteiger partial charge on any atom is 0.151 e. The summed E-state index contributed by atoms with van der Waals surface area (Å²) in [6.45, 7) is 7.91. The first-order valence-electron chi connectivity index (χ1n) is 5.84. The van der Waals surface area contributed by atoms with E-state index in [-0.39, 0.29) is 0 Å². The van der Waals surface area contributed by atoms with E-state index in [9.17, 15) is 0 Å². The van der Waals surface area contributed by atoms with E-state index in [2.05, 4.69) is 35.9 Å². The number of hydrogen-bond acceptors (Lipinski definition) is 3. The maximum absolute atomic E-state index is 5.75. The quantitative estimate of drug-likeness (QED) is 0.755. The Kier molecular flexibility index (Phi) is 3.33. The second kappa shape index (κ2) is 4.58. The van der Waals surface area contributed by atoms with Crippen molar-refractivity contribution in [2.24, 2.45) is 11.8 Å². The van der Waals surface area contributed by atoms with Gasteiger partial charge >= 0.3 is 0 Å². The number of anilines is 1. The van der Waals surface area contributed by atoms with Gasteiger partial charge in [-0.2, -0.15) is 0 Å². The summed E-state index contributed by atoms with van der Waals surface area (Å²) in [6, 6.07) is 4.28. The monoisotopic (exact) mass is 239 g/mol. The summed E-state index contributed by atoms with van der Waals surface area (Å²) in [4.78, 5) is 2.34. The fraction of sp³-hybridized carbons (Fsp3) is 0.667. The van der Waals surface area contributed by atoms with Crippen LogP contribution in [0, 0.1) is 11.8 Å². The number of halogens is 1. The van der Waals surface area contributed by atoms with Crippen molar-refractivity contribution in [3.05, 3.63) is 17.3 Å². The summed E-state index contributed by atoms with van der Waals surface area (Å²) in [5.41, 5.74) is 0. The molecule has 3 unspecified atom stereocenters. The second-order valence-electron chi connectivity index (χ2n) is 4.93. The van der Waals surface area contributed by atoms with Gasteiger partial charge in [0, 0.05) is 12.6 Å². The number of hydrogen-bond donors (Lipinski definition) is 0. The fourth-order valence-electron chi connectivity index (χ4n) is 2.48. The van der Waals surface area contributed by atoms with Gasteiger partial charge in [0.1, 0.15) is 0 Å². The highest BCUT2D eigenvalue weighted by molar-refractivity contribution is 6.29. The molecule has 1 saturated heterocycles. The van der Waals surface area contributed by atoms with Crippen molar-refractivity contribution in [3.63, 3.8) is 0 Å². The lowest BCUT2D eigenvalue weighted by atomic mass is 9.86. The molecule has 0 radical (unpaired) electrons. The minimum atomic E-state index is 0.453. The van der Waals surface area contributed by atoms with Gasteiger partial charge in [0.05, 0.1) is 0 Å². The van der Waals surface area contributed by atoms with Crippen molar-refractivity contribution in [1.82, 2.24) is 10.2 Å². The molecule has 1 aromatic heterocycles. The lowest BCUT2D eigenvalue weighted by Crippen LogP contribution is -2.46. The van der Waals surface area contributed by atoms with Crippen molar-refractivity contribution < 1.29 is 0 Å². The van der Waals surface area contributed by atoms with Crippen LogP contribution in [0.1, 0.15) is 27.2 Å². The Morgan fingerprint density at radius 3 is 2.62 bits per heavy atom. The zero-order valence-corrected chi connectivity index (χ0v) is 10.8. The van der Waals surface area contributed by atoms with E-state index in [1.54, 1.807) is 6.07 Å². The number of piperidine rings is 1. The van der Waals surface area contributed by atoms with E-state index >= 15 is 0 Å². The third-order valence-electron chi connectivity index (χ3n) is 3.51. The van der Waals surface area contributed by atoms with E-state index in [1.165, 1.54) is 6.42 Å². The van der Waals surface area contributed by atoms with E-state index in [0.29, 0.717) is 23.0 Å². The van der Waals surface area contributed by atoms with Gasteiger partial charge < -0.3 is 4.90 Å². The molecular formula is C12H18ClN3. The normalized spacial score (nSPS) is 30.5. The SMILES string of the molecule is CC1CC(C)C(C)N(c2ccc(Cl)nn2)C1. The van der Waals surface area contributed by atoms with Crippen molar-refractivity contribution in [2.75, 3.05) is 11.4 Å². The Morgan fingerprint density at radius 1 is 1.25 bits per heavy atom. The van der Waals surface area contributed by atoms with Gasteiger partial charge in [0.2, 0.25) is 0 Å². The molecule has 0 saturated carbocycles. The van der Waals surface area contributed by atoms with E-state index in [1.807, 2.05) is 6.07 Å². The van der Waals surface area contributed by atoms with Gasteiger partial charge in [0.25, 0.3) is 0 Å². The second-order valence-corrected chi connectivity index (χ2v) is 5.31. The van der Waals surface area contributed by atoms with Gasteiger partial charge in [-0.05, 0) is 37.3 Å². The summed E-state index contributed by atoms with van der Waals surface area (Å²) in [5.74, 6) is 2.35. The van der Waals surface area contributed by atoms with Gasteiger partial charge in [-0.15, -0.1) is 10.2 Å². The zero-order chi connectivity index (χ0) is 11.7. The van der Waals surface area contributed by atoms with E-state index in [0.717, 1.165) is 12.4 Å². The number of rotatable bonds is 1. The molecule has 1 fully saturated rings. The largest absolute Gasteiger partial charge is 0.352 e. The molecule has 3 atom stereocenters. The summed E-state index contributed by atoms with van der Waals surface area (Å²) in [7, 11) is 0. The Morgan fingerprint density at radius 2 is 2.00 bits per heavy atom. The molecule has 16 heavy (non-hydrogen) atoms. The minimum absolute atomic E-state index is 0.453. The Bertz CT molecular complexity index is 352. The lowest BCUT2D eigenvalue weighted by Gasteiger charge is -2.41. The summed E-state index contributed by atoms with van der Waals surface area (Å²) >= 11 is 5.75. The standard InChI is InChI=1S/C12H18ClN3/c1-8-6-9(2)10(3)16(7-8)12-5-4-11(13)14-15-12/h4-5,8-10H,6-7H2,1-3H3. The third-order valence-corrected chi connectivity index (χ3v) is 3.71. The number of aromatic nitrogens is 2. The molecule has 4 heteroatoms. The average molecular weight is 240 g/mol. The van der Waals surface area contributed by atoms with Crippen LogP contribution in [0.3, 0.4) is 0 Å². The lowest BCUT2D eigenvalue weighted by molar-refractivity contribution is 0.295. The first-order valence-corrected chi connectivity index (χ1v) is 6.21. The molecule has 1 aromatic rings. The molecule has 0 aliphatic carbocycles. The molecule has 0 N–H and O–H groups in total. The van der Waals surface area contributed by atoms with Crippen molar-refractivity contribution >= 4 is 17.4 Å². The molecule has 3 nitrogen and oxygen atoms in total. The maximum atomic E-state index is 5.75. The van der Waals surface area contributed by atoms with Crippen LogP contribution in [0.2, 0.25) is 5.15 Å².